The molecule has 0 saturated carbocycles. The second-order valence-corrected chi connectivity index (χ2v) is 6.09. The number of nitrogens with two attached hydrogens (primary N) is 1. The second kappa shape index (κ2) is 7.10. The molecule has 3 rings (SSSR count). The number of nitrogens with zero attached hydrogens (tertiary/aromatic N) is 3. The minimum absolute atomic E-state index is 0.0365. The highest BCUT2D eigenvalue weighted by molar-refractivity contribution is 5.98. The number of amides is 2. The van der Waals surface area contributed by atoms with Gasteiger partial charge in [0, 0.05) is 23.9 Å². The molecule has 2 amide bonds. The topological polar surface area (TPSA) is 102 Å². The monoisotopic (exact) mass is 373 g/mol. The Morgan fingerprint density at radius 1 is 1.26 bits per heavy atom. The minimum Gasteiger partial charge on any atom is -0.365 e. The number of hydrogen-bond acceptors (Lipinski definition) is 4. The largest absolute Gasteiger partial charge is 0.365 e. The van der Waals surface area contributed by atoms with Crippen LogP contribution in [0.5, 0.6) is 0 Å². The molecule has 9 heteroatoms. The van der Waals surface area contributed by atoms with Crippen LogP contribution in [0.25, 0.3) is 5.65 Å². The zero-order valence-electron chi connectivity index (χ0n) is 14.7. The highest BCUT2D eigenvalue weighted by atomic mass is 19.1. The molecule has 0 unspecified atom stereocenters. The number of aryl methyl sites for hydroxylation is 2. The molecule has 0 aliphatic rings. The van der Waals surface area contributed by atoms with Crippen LogP contribution in [0.4, 0.5) is 14.5 Å². The van der Waals surface area contributed by atoms with Crippen molar-refractivity contribution in [2.45, 2.75) is 26.7 Å². The van der Waals surface area contributed by atoms with Crippen molar-refractivity contribution in [1.82, 2.24) is 14.6 Å². The van der Waals surface area contributed by atoms with Crippen molar-refractivity contribution in [3.63, 3.8) is 0 Å². The predicted molar refractivity (Wildman–Crippen MR) is 94.3 cm³/mol. The number of halogens is 2. The van der Waals surface area contributed by atoms with Gasteiger partial charge in [0.1, 0.15) is 17.2 Å². The molecule has 0 bridgehead atoms. The van der Waals surface area contributed by atoms with Gasteiger partial charge in [-0.3, -0.25) is 9.59 Å². The fourth-order valence-corrected chi connectivity index (χ4v) is 2.89. The second-order valence-electron chi connectivity index (χ2n) is 6.09. The molecular formula is C18H17F2N5O2. The van der Waals surface area contributed by atoms with E-state index in [1.54, 1.807) is 13.8 Å². The number of carbonyl (C=O) groups is 2. The Kier molecular flexibility index (Phi) is 4.85. The molecule has 0 fully saturated rings. The van der Waals surface area contributed by atoms with E-state index in [4.69, 9.17) is 5.73 Å². The summed E-state index contributed by atoms with van der Waals surface area (Å²) in [5, 5.41) is 6.48. The molecule has 2 aromatic heterocycles. The number of hydrogen-bond donors (Lipinski definition) is 2. The highest BCUT2D eigenvalue weighted by Crippen LogP contribution is 2.20. The first-order valence-corrected chi connectivity index (χ1v) is 8.16. The van der Waals surface area contributed by atoms with E-state index in [2.05, 4.69) is 15.4 Å². The summed E-state index contributed by atoms with van der Waals surface area (Å²) < 4.78 is 28.3. The van der Waals surface area contributed by atoms with Crippen LogP contribution >= 0.6 is 0 Å². The lowest BCUT2D eigenvalue weighted by molar-refractivity contribution is -0.116. The van der Waals surface area contributed by atoms with E-state index in [0.29, 0.717) is 17.8 Å². The van der Waals surface area contributed by atoms with Crippen molar-refractivity contribution in [3.8, 4) is 0 Å². The molecule has 0 aliphatic carbocycles. The van der Waals surface area contributed by atoms with Gasteiger partial charge in [-0.15, -0.1) is 0 Å². The maximum Gasteiger partial charge on any atom is 0.254 e. The van der Waals surface area contributed by atoms with Crippen LogP contribution in [-0.4, -0.2) is 26.4 Å². The number of rotatable bonds is 5. The third-order valence-corrected chi connectivity index (χ3v) is 4.28. The molecule has 140 valence electrons. The maximum atomic E-state index is 13.6. The number of primary amides is 1. The van der Waals surface area contributed by atoms with Gasteiger partial charge in [0.2, 0.25) is 5.91 Å². The summed E-state index contributed by atoms with van der Waals surface area (Å²) in [6.45, 7) is 3.54. The predicted octanol–water partition coefficient (Wildman–Crippen LogP) is 2.29. The van der Waals surface area contributed by atoms with Gasteiger partial charge in [0.05, 0.1) is 11.9 Å². The zero-order chi connectivity index (χ0) is 19.7. The third kappa shape index (κ3) is 3.62. The summed E-state index contributed by atoms with van der Waals surface area (Å²) in [7, 11) is 0. The van der Waals surface area contributed by atoms with E-state index in [1.165, 1.54) is 10.7 Å². The van der Waals surface area contributed by atoms with Crippen LogP contribution < -0.4 is 11.1 Å². The van der Waals surface area contributed by atoms with Gasteiger partial charge in [-0.05, 0) is 38.0 Å². The summed E-state index contributed by atoms with van der Waals surface area (Å²) in [6.07, 6.45) is 1.70. The van der Waals surface area contributed by atoms with E-state index in [9.17, 15) is 18.4 Å². The van der Waals surface area contributed by atoms with Crippen molar-refractivity contribution in [1.29, 1.82) is 0 Å². The Hall–Kier alpha value is -3.36. The summed E-state index contributed by atoms with van der Waals surface area (Å²) in [4.78, 5) is 27.9. The fraction of sp³-hybridized carbons (Fsp3) is 0.222. The maximum absolute atomic E-state index is 13.6. The molecule has 0 radical (unpaired) electrons. The van der Waals surface area contributed by atoms with Crippen molar-refractivity contribution in [2.75, 3.05) is 5.32 Å². The van der Waals surface area contributed by atoms with E-state index in [-0.39, 0.29) is 17.7 Å². The molecule has 1 aromatic carbocycles. The first kappa shape index (κ1) is 18.4. The normalized spacial score (nSPS) is 11.0. The van der Waals surface area contributed by atoms with E-state index in [0.717, 1.165) is 29.5 Å². The van der Waals surface area contributed by atoms with Crippen LogP contribution in [0.3, 0.4) is 0 Å². The van der Waals surface area contributed by atoms with Crippen molar-refractivity contribution < 1.29 is 18.4 Å². The Morgan fingerprint density at radius 3 is 2.70 bits per heavy atom. The van der Waals surface area contributed by atoms with E-state index < -0.39 is 23.4 Å². The smallest absolute Gasteiger partial charge is 0.254 e. The van der Waals surface area contributed by atoms with Crippen LogP contribution in [0.1, 0.15) is 33.7 Å². The van der Waals surface area contributed by atoms with Crippen molar-refractivity contribution >= 4 is 23.1 Å². The number of carbonyl (C=O) groups excluding carboxylic acids is 2. The van der Waals surface area contributed by atoms with Crippen molar-refractivity contribution in [3.05, 3.63) is 58.5 Å². The summed E-state index contributed by atoms with van der Waals surface area (Å²) in [5.41, 5.74) is 7.80. The minimum atomic E-state index is -0.712. The SMILES string of the molecule is Cc1nc2c(C(N)=O)cnn2c(C)c1CCC(=O)Nc1cc(F)ccc1F. The summed E-state index contributed by atoms with van der Waals surface area (Å²) in [5.74, 6) is -2.44. The Labute approximate surface area is 153 Å². The number of benzene rings is 1. The average Bonchev–Trinajstić information content (AvgIpc) is 3.02. The number of fused-ring (bicyclic) bond motifs is 1. The van der Waals surface area contributed by atoms with Gasteiger partial charge < -0.3 is 11.1 Å². The molecule has 7 nitrogen and oxygen atoms in total. The first-order chi connectivity index (χ1) is 12.8. The van der Waals surface area contributed by atoms with E-state index in [1.807, 2.05) is 0 Å². The molecule has 2 heterocycles. The standard InChI is InChI=1S/C18H17F2N5O2/c1-9-12(10(2)25-18(23-9)13(8-22-25)17(21)27)4-6-16(26)24-15-7-11(19)3-5-14(15)20/h3,5,7-8H,4,6H2,1-2H3,(H2,21,27)(H,24,26). The zero-order valence-corrected chi connectivity index (χ0v) is 14.7. The van der Waals surface area contributed by atoms with Gasteiger partial charge >= 0.3 is 0 Å². The molecule has 0 atom stereocenters. The lowest BCUT2D eigenvalue weighted by Crippen LogP contribution is -2.16. The first-order valence-electron chi connectivity index (χ1n) is 8.16. The average molecular weight is 373 g/mol. The molecule has 0 aliphatic heterocycles. The van der Waals surface area contributed by atoms with Gasteiger partial charge in [-0.1, -0.05) is 0 Å². The lowest BCUT2D eigenvalue weighted by Gasteiger charge is -2.12. The molecular weight excluding hydrogens is 356 g/mol. The fourth-order valence-electron chi connectivity index (χ4n) is 2.89. The highest BCUT2D eigenvalue weighted by Gasteiger charge is 2.17. The van der Waals surface area contributed by atoms with Crippen LogP contribution in [0, 0.1) is 25.5 Å². The molecule has 0 spiro atoms. The molecule has 3 N–H and O–H groups in total. The van der Waals surface area contributed by atoms with Crippen LogP contribution in [0.2, 0.25) is 0 Å². The summed E-state index contributed by atoms with van der Waals surface area (Å²) >= 11 is 0. The van der Waals surface area contributed by atoms with Gasteiger partial charge in [0.25, 0.3) is 5.91 Å². The van der Waals surface area contributed by atoms with Gasteiger partial charge in [-0.2, -0.15) is 5.10 Å². The molecule has 0 saturated heterocycles. The number of nitrogens with one attached hydrogen (secondary N) is 1. The Bertz CT molecular complexity index is 1060. The van der Waals surface area contributed by atoms with Crippen LogP contribution in [-0.2, 0) is 11.2 Å². The van der Waals surface area contributed by atoms with Crippen molar-refractivity contribution in [2.24, 2.45) is 5.73 Å². The lowest BCUT2D eigenvalue weighted by atomic mass is 10.1. The number of anilines is 1. The van der Waals surface area contributed by atoms with E-state index >= 15 is 0 Å². The molecule has 27 heavy (non-hydrogen) atoms. The Morgan fingerprint density at radius 2 is 2.00 bits per heavy atom. The van der Waals surface area contributed by atoms with Gasteiger partial charge in [-0.25, -0.2) is 18.3 Å². The number of aromatic nitrogens is 3. The third-order valence-electron chi connectivity index (χ3n) is 4.28. The molecule has 3 aromatic rings. The Balaban J connectivity index is 1.79. The summed E-state index contributed by atoms with van der Waals surface area (Å²) in [6, 6.07) is 2.85. The van der Waals surface area contributed by atoms with Gasteiger partial charge in [0.15, 0.2) is 5.65 Å². The quantitative estimate of drug-likeness (QED) is 0.716. The van der Waals surface area contributed by atoms with Crippen LogP contribution in [0.15, 0.2) is 24.4 Å².